The molecule has 0 aromatic carbocycles. The number of nitrogens with one attached hydrogen (secondary N) is 2. The highest BCUT2D eigenvalue weighted by Gasteiger charge is 2.10. The second-order valence-electron chi connectivity index (χ2n) is 4.37. The van der Waals surface area contributed by atoms with Gasteiger partial charge in [0, 0.05) is 0 Å². The first kappa shape index (κ1) is 14.6. The lowest BCUT2D eigenvalue weighted by molar-refractivity contribution is -0.117. The van der Waals surface area contributed by atoms with Crippen LogP contribution in [-0.4, -0.2) is 45.6 Å². The molecular formula is C12H23N5O. The van der Waals surface area contributed by atoms with Crippen molar-refractivity contribution in [3.05, 3.63) is 6.33 Å². The van der Waals surface area contributed by atoms with E-state index in [1.807, 2.05) is 0 Å². The smallest absolute Gasteiger partial charge is 0.240 e. The standard InChI is InChI=1S/C12H23N5O/c1-3-5-7-17(8-6-4-2)9-11(18)15-12-13-10-14-16-12/h10H,3-9H2,1-2H3,(H2,13,14,15,16,18). The van der Waals surface area contributed by atoms with Gasteiger partial charge in [0.15, 0.2) is 0 Å². The number of nitrogens with zero attached hydrogens (tertiary/aromatic N) is 3. The van der Waals surface area contributed by atoms with Crippen LogP contribution in [0.1, 0.15) is 39.5 Å². The number of rotatable bonds is 9. The second-order valence-corrected chi connectivity index (χ2v) is 4.37. The topological polar surface area (TPSA) is 73.9 Å². The van der Waals surface area contributed by atoms with Gasteiger partial charge in [-0.1, -0.05) is 26.7 Å². The molecule has 2 N–H and O–H groups in total. The second kappa shape index (κ2) is 8.63. The van der Waals surface area contributed by atoms with Crippen molar-refractivity contribution in [2.45, 2.75) is 39.5 Å². The molecule has 6 nitrogen and oxygen atoms in total. The predicted molar refractivity (Wildman–Crippen MR) is 71.3 cm³/mol. The fourth-order valence-electron chi connectivity index (χ4n) is 1.67. The number of aromatic nitrogens is 3. The molecule has 1 aromatic heterocycles. The van der Waals surface area contributed by atoms with E-state index >= 15 is 0 Å². The number of H-pyrrole nitrogens is 1. The molecule has 1 heterocycles. The van der Waals surface area contributed by atoms with Gasteiger partial charge in [-0.25, -0.2) is 5.10 Å². The van der Waals surface area contributed by atoms with Crippen molar-refractivity contribution >= 4 is 11.9 Å². The predicted octanol–water partition coefficient (Wildman–Crippen LogP) is 1.65. The average molecular weight is 253 g/mol. The van der Waals surface area contributed by atoms with E-state index in [1.54, 1.807) is 0 Å². The lowest BCUT2D eigenvalue weighted by Gasteiger charge is -2.20. The highest BCUT2D eigenvalue weighted by molar-refractivity contribution is 5.90. The molecule has 0 atom stereocenters. The van der Waals surface area contributed by atoms with Crippen LogP contribution in [0.5, 0.6) is 0 Å². The Balaban J connectivity index is 2.35. The summed E-state index contributed by atoms with van der Waals surface area (Å²) in [5.41, 5.74) is 0. The summed E-state index contributed by atoms with van der Waals surface area (Å²) in [5.74, 6) is 0.366. The molecule has 0 unspecified atom stereocenters. The summed E-state index contributed by atoms with van der Waals surface area (Å²) in [6, 6.07) is 0. The lowest BCUT2D eigenvalue weighted by atomic mass is 10.2. The van der Waals surface area contributed by atoms with Crippen LogP contribution in [0.3, 0.4) is 0 Å². The number of carbonyl (C=O) groups excluding carboxylic acids is 1. The van der Waals surface area contributed by atoms with Crippen molar-refractivity contribution in [2.75, 3.05) is 25.0 Å². The maximum Gasteiger partial charge on any atom is 0.240 e. The van der Waals surface area contributed by atoms with E-state index in [0.29, 0.717) is 12.5 Å². The number of amides is 1. The summed E-state index contributed by atoms with van der Waals surface area (Å²) in [6.07, 6.45) is 5.92. The first-order chi connectivity index (χ1) is 8.76. The summed E-state index contributed by atoms with van der Waals surface area (Å²) in [5, 5.41) is 9.00. The minimum Gasteiger partial charge on any atom is -0.295 e. The van der Waals surface area contributed by atoms with Crippen molar-refractivity contribution in [1.29, 1.82) is 0 Å². The van der Waals surface area contributed by atoms with Gasteiger partial charge in [0.1, 0.15) is 6.33 Å². The van der Waals surface area contributed by atoms with Gasteiger partial charge >= 0.3 is 0 Å². The van der Waals surface area contributed by atoms with Crippen molar-refractivity contribution < 1.29 is 4.79 Å². The Bertz CT molecular complexity index is 317. The molecular weight excluding hydrogens is 230 g/mol. The van der Waals surface area contributed by atoms with Crippen LogP contribution in [0, 0.1) is 0 Å². The van der Waals surface area contributed by atoms with Gasteiger partial charge in [0.05, 0.1) is 6.54 Å². The quantitative estimate of drug-likeness (QED) is 0.701. The normalized spacial score (nSPS) is 10.8. The van der Waals surface area contributed by atoms with Crippen LogP contribution in [-0.2, 0) is 4.79 Å². The molecule has 0 bridgehead atoms. The fourth-order valence-corrected chi connectivity index (χ4v) is 1.67. The Kier molecular flexibility index (Phi) is 7.01. The third-order valence-electron chi connectivity index (χ3n) is 2.70. The fraction of sp³-hybridized carbons (Fsp3) is 0.750. The van der Waals surface area contributed by atoms with Crippen LogP contribution >= 0.6 is 0 Å². The molecule has 0 saturated carbocycles. The largest absolute Gasteiger partial charge is 0.295 e. The van der Waals surface area contributed by atoms with Gasteiger partial charge in [-0.05, 0) is 25.9 Å². The third-order valence-corrected chi connectivity index (χ3v) is 2.70. The Labute approximate surface area is 108 Å². The Hall–Kier alpha value is -1.43. The number of hydrogen-bond acceptors (Lipinski definition) is 4. The number of anilines is 1. The van der Waals surface area contributed by atoms with Crippen LogP contribution in [0.25, 0.3) is 0 Å². The Morgan fingerprint density at radius 1 is 1.33 bits per heavy atom. The SMILES string of the molecule is CCCCN(CCCC)CC(=O)Nc1ncn[nH]1. The number of carbonyl (C=O) groups is 1. The molecule has 102 valence electrons. The monoisotopic (exact) mass is 253 g/mol. The molecule has 0 aliphatic heterocycles. The van der Waals surface area contributed by atoms with Crippen LogP contribution < -0.4 is 5.32 Å². The Morgan fingerprint density at radius 3 is 2.50 bits per heavy atom. The van der Waals surface area contributed by atoms with Gasteiger partial charge in [0.2, 0.25) is 11.9 Å². The van der Waals surface area contributed by atoms with Gasteiger partial charge in [0.25, 0.3) is 0 Å². The maximum atomic E-state index is 11.8. The summed E-state index contributed by atoms with van der Waals surface area (Å²) >= 11 is 0. The van der Waals surface area contributed by atoms with Crippen LogP contribution in [0.15, 0.2) is 6.33 Å². The van der Waals surface area contributed by atoms with Crippen molar-refractivity contribution in [1.82, 2.24) is 20.1 Å². The minimum absolute atomic E-state index is 0.0426. The molecule has 0 aliphatic carbocycles. The molecule has 1 rings (SSSR count). The molecule has 6 heteroatoms. The zero-order valence-corrected chi connectivity index (χ0v) is 11.3. The van der Waals surface area contributed by atoms with Crippen molar-refractivity contribution in [3.63, 3.8) is 0 Å². The number of hydrogen-bond donors (Lipinski definition) is 2. The molecule has 0 fully saturated rings. The number of unbranched alkanes of at least 4 members (excludes halogenated alkanes) is 2. The van der Waals surface area contributed by atoms with E-state index in [-0.39, 0.29) is 5.91 Å². The summed E-state index contributed by atoms with van der Waals surface area (Å²) in [6.45, 7) is 6.68. The highest BCUT2D eigenvalue weighted by atomic mass is 16.2. The Morgan fingerprint density at radius 2 is 2.00 bits per heavy atom. The molecule has 1 aromatic rings. The summed E-state index contributed by atoms with van der Waals surface area (Å²) < 4.78 is 0. The van der Waals surface area contributed by atoms with Gasteiger partial charge in [-0.2, -0.15) is 10.1 Å². The van der Waals surface area contributed by atoms with E-state index in [1.165, 1.54) is 6.33 Å². The first-order valence-electron chi connectivity index (χ1n) is 6.63. The van der Waals surface area contributed by atoms with Gasteiger partial charge < -0.3 is 0 Å². The lowest BCUT2D eigenvalue weighted by Crippen LogP contribution is -2.35. The average Bonchev–Trinajstić information content (AvgIpc) is 2.85. The highest BCUT2D eigenvalue weighted by Crippen LogP contribution is 2.00. The summed E-state index contributed by atoms with van der Waals surface area (Å²) in [4.78, 5) is 17.9. The zero-order chi connectivity index (χ0) is 13.2. The van der Waals surface area contributed by atoms with E-state index in [4.69, 9.17) is 0 Å². The van der Waals surface area contributed by atoms with Gasteiger partial charge in [-0.15, -0.1) is 0 Å². The zero-order valence-electron chi connectivity index (χ0n) is 11.3. The van der Waals surface area contributed by atoms with Crippen LogP contribution in [0.4, 0.5) is 5.95 Å². The molecule has 0 aliphatic rings. The molecule has 0 radical (unpaired) electrons. The maximum absolute atomic E-state index is 11.8. The molecule has 18 heavy (non-hydrogen) atoms. The molecule has 0 saturated heterocycles. The molecule has 0 spiro atoms. The van der Waals surface area contributed by atoms with E-state index in [9.17, 15) is 4.79 Å². The summed E-state index contributed by atoms with van der Waals surface area (Å²) in [7, 11) is 0. The minimum atomic E-state index is -0.0426. The first-order valence-corrected chi connectivity index (χ1v) is 6.63. The van der Waals surface area contributed by atoms with E-state index in [0.717, 1.165) is 38.8 Å². The van der Waals surface area contributed by atoms with Crippen molar-refractivity contribution in [2.24, 2.45) is 0 Å². The van der Waals surface area contributed by atoms with Crippen LogP contribution in [0.2, 0.25) is 0 Å². The van der Waals surface area contributed by atoms with E-state index in [2.05, 4.69) is 39.2 Å². The van der Waals surface area contributed by atoms with Gasteiger partial charge in [-0.3, -0.25) is 15.0 Å². The number of aromatic amines is 1. The van der Waals surface area contributed by atoms with Crippen molar-refractivity contribution in [3.8, 4) is 0 Å². The van der Waals surface area contributed by atoms with E-state index < -0.39 is 0 Å². The molecule has 1 amide bonds. The third kappa shape index (κ3) is 5.77.